The number of carbonyl (C=O) groups is 1. The Morgan fingerprint density at radius 3 is 3.00 bits per heavy atom. The Balaban J connectivity index is 1.80. The van der Waals surface area contributed by atoms with E-state index < -0.39 is 5.97 Å². The maximum atomic E-state index is 10.5. The maximum absolute atomic E-state index is 10.5. The van der Waals surface area contributed by atoms with Crippen molar-refractivity contribution in [3.05, 3.63) is 23.2 Å². The monoisotopic (exact) mass is 278 g/mol. The Morgan fingerprint density at radius 1 is 1.32 bits per heavy atom. The molecule has 1 aliphatic rings. The van der Waals surface area contributed by atoms with Gasteiger partial charge in [-0.25, -0.2) is 0 Å². The highest BCUT2D eigenvalue weighted by molar-refractivity contribution is 7.14. The lowest BCUT2D eigenvalue weighted by atomic mass is 10.2. The van der Waals surface area contributed by atoms with Crippen molar-refractivity contribution in [1.29, 1.82) is 0 Å². The van der Waals surface area contributed by atoms with Gasteiger partial charge in [-0.2, -0.15) is 0 Å². The van der Waals surface area contributed by atoms with Gasteiger partial charge in [-0.05, 0) is 18.2 Å². The number of aliphatic carboxylic acids is 1. The molecule has 0 amide bonds. The number of benzene rings is 1. The smallest absolute Gasteiger partial charge is 0.303 e. The summed E-state index contributed by atoms with van der Waals surface area (Å²) < 4.78 is 10.5. The van der Waals surface area contributed by atoms with Crippen LogP contribution in [0.25, 0.3) is 10.6 Å². The van der Waals surface area contributed by atoms with Crippen molar-refractivity contribution in [2.45, 2.75) is 12.8 Å². The van der Waals surface area contributed by atoms with Crippen LogP contribution in [0.2, 0.25) is 0 Å². The van der Waals surface area contributed by atoms with E-state index in [0.29, 0.717) is 12.2 Å². The maximum Gasteiger partial charge on any atom is 0.303 e. The molecular weight excluding hydrogens is 268 g/mol. The number of hydrogen-bond donors (Lipinski definition) is 1. The van der Waals surface area contributed by atoms with Gasteiger partial charge in [0.15, 0.2) is 11.5 Å². The van der Waals surface area contributed by atoms with E-state index in [1.165, 1.54) is 11.3 Å². The molecule has 6 nitrogen and oxygen atoms in total. The number of nitrogens with zero attached hydrogens (tertiary/aromatic N) is 2. The van der Waals surface area contributed by atoms with E-state index in [4.69, 9.17) is 14.6 Å². The predicted molar refractivity (Wildman–Crippen MR) is 67.4 cm³/mol. The summed E-state index contributed by atoms with van der Waals surface area (Å²) in [5.74, 6) is 0.582. The van der Waals surface area contributed by atoms with Crippen molar-refractivity contribution in [2.75, 3.05) is 6.79 Å². The van der Waals surface area contributed by atoms with Crippen molar-refractivity contribution < 1.29 is 19.4 Å². The van der Waals surface area contributed by atoms with E-state index in [1.807, 2.05) is 18.2 Å². The highest BCUT2D eigenvalue weighted by Crippen LogP contribution is 2.36. The van der Waals surface area contributed by atoms with E-state index >= 15 is 0 Å². The van der Waals surface area contributed by atoms with Gasteiger partial charge in [-0.3, -0.25) is 4.79 Å². The molecule has 0 aliphatic carbocycles. The second kappa shape index (κ2) is 4.85. The molecule has 0 spiro atoms. The number of hydrogen-bond acceptors (Lipinski definition) is 6. The van der Waals surface area contributed by atoms with Crippen LogP contribution in [0, 0.1) is 0 Å². The zero-order valence-corrected chi connectivity index (χ0v) is 10.6. The fraction of sp³-hybridized carbons (Fsp3) is 0.250. The fourth-order valence-corrected chi connectivity index (χ4v) is 2.55. The van der Waals surface area contributed by atoms with Gasteiger partial charge in [0, 0.05) is 12.0 Å². The molecule has 0 unspecified atom stereocenters. The summed E-state index contributed by atoms with van der Waals surface area (Å²) in [6.45, 7) is 0.235. The van der Waals surface area contributed by atoms with Crippen LogP contribution in [0.3, 0.4) is 0 Å². The summed E-state index contributed by atoms with van der Waals surface area (Å²) >= 11 is 1.39. The summed E-state index contributed by atoms with van der Waals surface area (Å²) in [5.41, 5.74) is 0.892. The first-order valence-electron chi connectivity index (χ1n) is 5.66. The second-order valence-corrected chi connectivity index (χ2v) is 5.02. The molecule has 1 N–H and O–H groups in total. The Hall–Kier alpha value is -2.15. The first-order valence-corrected chi connectivity index (χ1v) is 6.48. The van der Waals surface area contributed by atoms with E-state index in [2.05, 4.69) is 10.2 Å². The highest BCUT2D eigenvalue weighted by Gasteiger charge is 2.15. The van der Waals surface area contributed by atoms with Gasteiger partial charge >= 0.3 is 5.97 Å². The lowest BCUT2D eigenvalue weighted by Gasteiger charge is -1.98. The standard InChI is InChI=1S/C12H10N2O4S/c15-11(16)4-3-10-13-14-12(19-10)7-1-2-8-9(5-7)18-6-17-8/h1-2,5H,3-4,6H2,(H,15,16). The summed E-state index contributed by atoms with van der Waals surface area (Å²) in [6, 6.07) is 5.56. The molecule has 7 heteroatoms. The number of rotatable bonds is 4. The third-order valence-corrected chi connectivity index (χ3v) is 3.67. The summed E-state index contributed by atoms with van der Waals surface area (Å²) in [7, 11) is 0. The molecule has 0 saturated heterocycles. The quantitative estimate of drug-likeness (QED) is 0.920. The first-order chi connectivity index (χ1) is 9.22. The molecular formula is C12H10N2O4S. The van der Waals surface area contributed by atoms with Crippen LogP contribution in [0.15, 0.2) is 18.2 Å². The molecule has 0 radical (unpaired) electrons. The average Bonchev–Trinajstić information content (AvgIpc) is 3.04. The predicted octanol–water partition coefficient (Wildman–Crippen LogP) is 1.95. The number of aryl methyl sites for hydroxylation is 1. The lowest BCUT2D eigenvalue weighted by Crippen LogP contribution is -1.96. The molecule has 2 aromatic rings. The SMILES string of the molecule is O=C(O)CCc1nnc(-c2ccc3c(c2)OCO3)s1. The molecule has 1 aromatic heterocycles. The van der Waals surface area contributed by atoms with Crippen LogP contribution in [0.5, 0.6) is 11.5 Å². The molecule has 19 heavy (non-hydrogen) atoms. The second-order valence-electron chi connectivity index (χ2n) is 3.96. The highest BCUT2D eigenvalue weighted by atomic mass is 32.1. The van der Waals surface area contributed by atoms with Crippen LogP contribution < -0.4 is 9.47 Å². The van der Waals surface area contributed by atoms with Crippen molar-refractivity contribution in [1.82, 2.24) is 10.2 Å². The number of fused-ring (bicyclic) bond motifs is 1. The molecule has 1 aromatic carbocycles. The fourth-order valence-electron chi connectivity index (χ4n) is 1.71. The van der Waals surface area contributed by atoms with Crippen LogP contribution >= 0.6 is 11.3 Å². The van der Waals surface area contributed by atoms with E-state index in [-0.39, 0.29) is 13.2 Å². The van der Waals surface area contributed by atoms with E-state index in [9.17, 15) is 4.79 Å². The van der Waals surface area contributed by atoms with Gasteiger partial charge in [0.25, 0.3) is 0 Å². The molecule has 98 valence electrons. The summed E-state index contributed by atoms with van der Waals surface area (Å²) in [6.07, 6.45) is 0.466. The first kappa shape index (κ1) is 11.9. The van der Waals surface area contributed by atoms with Gasteiger partial charge < -0.3 is 14.6 Å². The van der Waals surface area contributed by atoms with Crippen LogP contribution in [0.4, 0.5) is 0 Å². The minimum Gasteiger partial charge on any atom is -0.481 e. The lowest BCUT2D eigenvalue weighted by molar-refractivity contribution is -0.136. The van der Waals surface area contributed by atoms with Crippen LogP contribution in [0.1, 0.15) is 11.4 Å². The summed E-state index contributed by atoms with van der Waals surface area (Å²) in [4.78, 5) is 10.5. The molecule has 3 rings (SSSR count). The molecule has 0 fully saturated rings. The third-order valence-electron chi connectivity index (χ3n) is 2.64. The van der Waals surface area contributed by atoms with Gasteiger partial charge in [-0.1, -0.05) is 11.3 Å². The Morgan fingerprint density at radius 2 is 2.16 bits per heavy atom. The molecule has 2 heterocycles. The van der Waals surface area contributed by atoms with Crippen molar-refractivity contribution in [3.8, 4) is 22.1 Å². The zero-order valence-electron chi connectivity index (χ0n) is 9.83. The molecule has 0 atom stereocenters. The zero-order chi connectivity index (χ0) is 13.2. The van der Waals surface area contributed by atoms with Crippen LogP contribution in [-0.2, 0) is 11.2 Å². The topological polar surface area (TPSA) is 81.5 Å². The van der Waals surface area contributed by atoms with Gasteiger partial charge in [-0.15, -0.1) is 10.2 Å². The summed E-state index contributed by atoms with van der Waals surface area (Å²) in [5, 5.41) is 18.2. The third kappa shape index (κ3) is 2.50. The Labute approximate surface area is 112 Å². The molecule has 0 bridgehead atoms. The Kier molecular flexibility index (Phi) is 3.04. The van der Waals surface area contributed by atoms with Crippen molar-refractivity contribution >= 4 is 17.3 Å². The number of carboxylic acids is 1. The molecule has 0 saturated carbocycles. The van der Waals surface area contributed by atoms with E-state index in [1.54, 1.807) is 0 Å². The Bertz CT molecular complexity index is 626. The van der Waals surface area contributed by atoms with Gasteiger partial charge in [0.05, 0.1) is 6.42 Å². The average molecular weight is 278 g/mol. The minimum atomic E-state index is -0.833. The van der Waals surface area contributed by atoms with Gasteiger partial charge in [0.2, 0.25) is 6.79 Å². The molecule has 1 aliphatic heterocycles. The number of ether oxygens (including phenoxy) is 2. The van der Waals surface area contributed by atoms with Crippen molar-refractivity contribution in [2.24, 2.45) is 0 Å². The minimum absolute atomic E-state index is 0.0653. The van der Waals surface area contributed by atoms with E-state index in [0.717, 1.165) is 21.3 Å². The normalized spacial score (nSPS) is 12.6. The van der Waals surface area contributed by atoms with Crippen LogP contribution in [-0.4, -0.2) is 28.1 Å². The van der Waals surface area contributed by atoms with Gasteiger partial charge in [0.1, 0.15) is 10.0 Å². The van der Waals surface area contributed by atoms with Crippen molar-refractivity contribution in [3.63, 3.8) is 0 Å². The largest absolute Gasteiger partial charge is 0.481 e. The number of carboxylic acid groups (broad SMARTS) is 1. The number of aromatic nitrogens is 2.